The van der Waals surface area contributed by atoms with E-state index in [1.54, 1.807) is 4.57 Å². The molecule has 0 amide bonds. The summed E-state index contributed by atoms with van der Waals surface area (Å²) in [6, 6.07) is 19.9. The Morgan fingerprint density at radius 3 is 2.18 bits per heavy atom. The molecule has 0 saturated carbocycles. The summed E-state index contributed by atoms with van der Waals surface area (Å²) in [7, 11) is 0. The zero-order chi connectivity index (χ0) is 22.9. The molecule has 3 heterocycles. The Labute approximate surface area is 191 Å². The lowest BCUT2D eigenvalue weighted by atomic mass is 9.97. The lowest BCUT2D eigenvalue weighted by Crippen LogP contribution is -2.40. The Morgan fingerprint density at radius 2 is 1.61 bits per heavy atom. The van der Waals surface area contributed by atoms with E-state index in [2.05, 4.69) is 15.2 Å². The number of hydrogen-bond donors (Lipinski definition) is 1. The van der Waals surface area contributed by atoms with Crippen molar-refractivity contribution in [2.24, 2.45) is 0 Å². The summed E-state index contributed by atoms with van der Waals surface area (Å²) in [5, 5.41) is 8.29. The molecule has 5 rings (SSSR count). The van der Waals surface area contributed by atoms with Crippen molar-refractivity contribution in [1.82, 2.24) is 19.7 Å². The number of nitrogens with zero attached hydrogens (tertiary/aromatic N) is 5. The second-order valence-electron chi connectivity index (χ2n) is 8.54. The van der Waals surface area contributed by atoms with Crippen LogP contribution in [0.5, 0.6) is 0 Å². The number of aromatic nitrogens is 4. The molecule has 0 radical (unpaired) electrons. The predicted octanol–water partition coefficient (Wildman–Crippen LogP) is 3.53. The first kappa shape index (κ1) is 20.9. The number of fused-ring (bicyclic) bond motifs is 1. The van der Waals surface area contributed by atoms with E-state index >= 15 is 0 Å². The maximum atomic E-state index is 13.7. The molecule has 0 saturated heterocycles. The molecule has 1 aliphatic rings. The highest BCUT2D eigenvalue weighted by atomic mass is 16.4. The summed E-state index contributed by atoms with van der Waals surface area (Å²) in [4.78, 5) is 20.4. The molecule has 0 spiro atoms. The van der Waals surface area contributed by atoms with Crippen molar-refractivity contribution >= 4 is 12.0 Å². The molecule has 33 heavy (non-hydrogen) atoms. The number of benzene rings is 2. The van der Waals surface area contributed by atoms with E-state index in [-0.39, 0.29) is 23.5 Å². The molecule has 0 atom stereocenters. The molecule has 2 N–H and O–H groups in total. The van der Waals surface area contributed by atoms with Crippen molar-refractivity contribution in [3.8, 4) is 0 Å². The second-order valence-corrected chi connectivity index (χ2v) is 8.54. The summed E-state index contributed by atoms with van der Waals surface area (Å²) in [6.45, 7) is 5.00. The maximum absolute atomic E-state index is 13.7. The van der Waals surface area contributed by atoms with Gasteiger partial charge in [0.15, 0.2) is 0 Å². The second kappa shape index (κ2) is 8.54. The average molecular weight is 443 g/mol. The highest BCUT2D eigenvalue weighted by molar-refractivity contribution is 5.41. The number of rotatable bonds is 5. The van der Waals surface area contributed by atoms with Crippen LogP contribution in [0.3, 0.4) is 0 Å². The quantitative estimate of drug-likeness (QED) is 0.504. The van der Waals surface area contributed by atoms with Crippen molar-refractivity contribution in [3.63, 3.8) is 0 Å². The molecule has 2 aromatic carbocycles. The molecule has 8 heteroatoms. The fourth-order valence-electron chi connectivity index (χ4n) is 4.28. The lowest BCUT2D eigenvalue weighted by Gasteiger charge is -2.29. The van der Waals surface area contributed by atoms with Crippen LogP contribution in [0.25, 0.3) is 0 Å². The Balaban J connectivity index is 1.56. The van der Waals surface area contributed by atoms with Crippen LogP contribution in [0, 0.1) is 0 Å². The van der Waals surface area contributed by atoms with E-state index in [0.717, 1.165) is 11.1 Å². The minimum Gasteiger partial charge on any atom is -0.408 e. The molecule has 8 nitrogen and oxygen atoms in total. The minimum absolute atomic E-state index is 0.108. The fourth-order valence-corrected chi connectivity index (χ4v) is 4.28. The molecule has 0 unspecified atom stereocenters. The molecule has 0 aliphatic carbocycles. The van der Waals surface area contributed by atoms with Crippen LogP contribution in [-0.4, -0.2) is 26.3 Å². The Hall–Kier alpha value is -3.94. The highest BCUT2D eigenvalue weighted by Gasteiger charge is 2.29. The van der Waals surface area contributed by atoms with Gasteiger partial charge in [-0.15, -0.1) is 5.10 Å². The van der Waals surface area contributed by atoms with Crippen LogP contribution >= 0.6 is 0 Å². The molecule has 0 fully saturated rings. The topological polar surface area (TPSA) is 103 Å². The van der Waals surface area contributed by atoms with E-state index in [0.29, 0.717) is 42.7 Å². The largest absolute Gasteiger partial charge is 0.408 e. The Bertz CT molecular complexity index is 1270. The summed E-state index contributed by atoms with van der Waals surface area (Å²) < 4.78 is 7.41. The summed E-state index contributed by atoms with van der Waals surface area (Å²) in [6.07, 6.45) is 0.525. The zero-order valence-corrected chi connectivity index (χ0v) is 18.7. The SMILES string of the molecule is CC(C)c1nnc(N2CCc3c(nc(N)n(C(c4ccccc4)c4ccccc4)c3=O)C2)o1. The monoisotopic (exact) mass is 442 g/mol. The van der Waals surface area contributed by atoms with Gasteiger partial charge in [0.2, 0.25) is 11.8 Å². The third-order valence-electron chi connectivity index (χ3n) is 5.98. The predicted molar refractivity (Wildman–Crippen MR) is 126 cm³/mol. The van der Waals surface area contributed by atoms with Crippen molar-refractivity contribution in [2.45, 2.75) is 38.8 Å². The maximum Gasteiger partial charge on any atom is 0.318 e. The van der Waals surface area contributed by atoms with Crippen LogP contribution < -0.4 is 16.2 Å². The van der Waals surface area contributed by atoms with Crippen LogP contribution in [0.4, 0.5) is 12.0 Å². The smallest absolute Gasteiger partial charge is 0.318 e. The normalized spacial score (nSPS) is 13.5. The van der Waals surface area contributed by atoms with Gasteiger partial charge < -0.3 is 15.1 Å². The highest BCUT2D eigenvalue weighted by Crippen LogP contribution is 2.29. The van der Waals surface area contributed by atoms with Gasteiger partial charge in [-0.1, -0.05) is 79.6 Å². The summed E-state index contributed by atoms with van der Waals surface area (Å²) in [5.74, 6) is 0.927. The first-order chi connectivity index (χ1) is 16.0. The van der Waals surface area contributed by atoms with E-state index in [1.807, 2.05) is 79.4 Å². The molecule has 168 valence electrons. The van der Waals surface area contributed by atoms with E-state index in [9.17, 15) is 4.79 Å². The number of anilines is 2. The van der Waals surface area contributed by atoms with E-state index in [1.165, 1.54) is 0 Å². The zero-order valence-electron chi connectivity index (χ0n) is 18.7. The molecule has 0 bridgehead atoms. The number of hydrogen-bond acceptors (Lipinski definition) is 7. The van der Waals surface area contributed by atoms with Crippen LogP contribution in [0.15, 0.2) is 69.9 Å². The Morgan fingerprint density at radius 1 is 0.970 bits per heavy atom. The van der Waals surface area contributed by atoms with E-state index in [4.69, 9.17) is 10.2 Å². The summed E-state index contributed by atoms with van der Waals surface area (Å²) in [5.41, 5.74) is 9.61. The molecule has 1 aliphatic heterocycles. The van der Waals surface area contributed by atoms with Crippen LogP contribution in [0.2, 0.25) is 0 Å². The van der Waals surface area contributed by atoms with Gasteiger partial charge >= 0.3 is 6.01 Å². The van der Waals surface area contributed by atoms with Gasteiger partial charge in [-0.3, -0.25) is 9.36 Å². The molecular formula is C25H26N6O2. The van der Waals surface area contributed by atoms with Crippen molar-refractivity contribution in [1.29, 1.82) is 0 Å². The van der Waals surface area contributed by atoms with Gasteiger partial charge in [0.1, 0.15) is 0 Å². The van der Waals surface area contributed by atoms with Gasteiger partial charge in [-0.2, -0.15) is 0 Å². The van der Waals surface area contributed by atoms with Crippen molar-refractivity contribution in [3.05, 3.63) is 99.3 Å². The van der Waals surface area contributed by atoms with Crippen LogP contribution in [-0.2, 0) is 13.0 Å². The lowest BCUT2D eigenvalue weighted by molar-refractivity contribution is 0.456. The minimum atomic E-state index is -0.361. The molecule has 4 aromatic rings. The summed E-state index contributed by atoms with van der Waals surface area (Å²) >= 11 is 0. The van der Waals surface area contributed by atoms with Crippen LogP contribution in [0.1, 0.15) is 54.1 Å². The average Bonchev–Trinajstić information content (AvgIpc) is 3.33. The van der Waals surface area contributed by atoms with Gasteiger partial charge in [0, 0.05) is 18.0 Å². The fraction of sp³-hybridized carbons (Fsp3) is 0.280. The Kier molecular flexibility index (Phi) is 5.42. The third kappa shape index (κ3) is 3.88. The van der Waals surface area contributed by atoms with Gasteiger partial charge in [0.05, 0.1) is 18.3 Å². The van der Waals surface area contributed by atoms with Crippen molar-refractivity contribution < 1.29 is 4.42 Å². The van der Waals surface area contributed by atoms with Gasteiger partial charge in [-0.05, 0) is 17.5 Å². The van der Waals surface area contributed by atoms with Gasteiger partial charge in [-0.25, -0.2) is 4.98 Å². The standard InChI is InChI=1S/C25H26N6O2/c1-16(2)22-28-29-25(33-22)30-14-13-19-20(15-30)27-24(26)31(23(19)32)21(17-9-5-3-6-10-17)18-11-7-4-8-12-18/h3-12,16,21H,13-15H2,1-2H3,(H2,26,27). The number of nitrogens with two attached hydrogens (primary N) is 1. The third-order valence-corrected chi connectivity index (χ3v) is 5.98. The first-order valence-corrected chi connectivity index (χ1v) is 11.1. The molecule has 2 aromatic heterocycles. The number of nitrogen functional groups attached to an aromatic ring is 1. The first-order valence-electron chi connectivity index (χ1n) is 11.1. The van der Waals surface area contributed by atoms with Gasteiger partial charge in [0.25, 0.3) is 5.56 Å². The van der Waals surface area contributed by atoms with E-state index < -0.39 is 0 Å². The molecular weight excluding hydrogens is 416 g/mol. The van der Waals surface area contributed by atoms with Crippen molar-refractivity contribution in [2.75, 3.05) is 17.2 Å².